The second-order valence-electron chi connectivity index (χ2n) is 4.25. The molecule has 1 aromatic carbocycles. The Bertz CT molecular complexity index is 673. The SMILES string of the molecule is CCOc1cc(C(C#N)=Cc2ccncc2)ccc1OC. The van der Waals surface area contributed by atoms with Gasteiger partial charge in [-0.1, -0.05) is 0 Å². The van der Waals surface area contributed by atoms with Gasteiger partial charge in [0.1, 0.15) is 0 Å². The summed E-state index contributed by atoms with van der Waals surface area (Å²) >= 11 is 0. The van der Waals surface area contributed by atoms with E-state index in [9.17, 15) is 5.26 Å². The number of rotatable bonds is 5. The molecule has 2 aromatic rings. The third kappa shape index (κ3) is 3.61. The Morgan fingerprint density at radius 2 is 2.00 bits per heavy atom. The topological polar surface area (TPSA) is 55.1 Å². The molecule has 0 amide bonds. The Kier molecular flexibility index (Phi) is 4.94. The van der Waals surface area contributed by atoms with Gasteiger partial charge in [0.15, 0.2) is 11.5 Å². The van der Waals surface area contributed by atoms with E-state index in [2.05, 4.69) is 11.1 Å². The van der Waals surface area contributed by atoms with Crippen molar-refractivity contribution in [3.05, 3.63) is 53.9 Å². The van der Waals surface area contributed by atoms with E-state index in [0.717, 1.165) is 11.1 Å². The van der Waals surface area contributed by atoms with E-state index in [0.29, 0.717) is 23.7 Å². The van der Waals surface area contributed by atoms with Gasteiger partial charge in [-0.25, -0.2) is 0 Å². The van der Waals surface area contributed by atoms with Gasteiger partial charge in [-0.15, -0.1) is 0 Å². The summed E-state index contributed by atoms with van der Waals surface area (Å²) in [4.78, 5) is 3.96. The normalized spacial score (nSPS) is 10.8. The van der Waals surface area contributed by atoms with Crippen LogP contribution in [0.3, 0.4) is 0 Å². The van der Waals surface area contributed by atoms with Gasteiger partial charge in [0.25, 0.3) is 0 Å². The molecule has 0 atom stereocenters. The number of nitrogens with zero attached hydrogens (tertiary/aromatic N) is 2. The monoisotopic (exact) mass is 280 g/mol. The van der Waals surface area contributed by atoms with Gasteiger partial charge in [0, 0.05) is 12.4 Å². The molecule has 0 aliphatic heterocycles. The zero-order valence-corrected chi connectivity index (χ0v) is 12.0. The third-order valence-electron chi connectivity index (χ3n) is 2.91. The molecule has 2 rings (SSSR count). The van der Waals surface area contributed by atoms with Gasteiger partial charge in [-0.3, -0.25) is 4.98 Å². The number of pyridine rings is 1. The van der Waals surface area contributed by atoms with Crippen LogP contribution in [0.5, 0.6) is 11.5 Å². The molecule has 0 aliphatic rings. The summed E-state index contributed by atoms with van der Waals surface area (Å²) in [7, 11) is 1.59. The van der Waals surface area contributed by atoms with Crippen LogP contribution in [0.2, 0.25) is 0 Å². The van der Waals surface area contributed by atoms with E-state index in [4.69, 9.17) is 9.47 Å². The quantitative estimate of drug-likeness (QED) is 0.786. The molecule has 0 aliphatic carbocycles. The minimum Gasteiger partial charge on any atom is -0.493 e. The average molecular weight is 280 g/mol. The molecule has 0 saturated heterocycles. The summed E-state index contributed by atoms with van der Waals surface area (Å²) in [6.45, 7) is 2.44. The number of ether oxygens (including phenoxy) is 2. The van der Waals surface area contributed by atoms with Crippen LogP contribution < -0.4 is 9.47 Å². The van der Waals surface area contributed by atoms with Crippen molar-refractivity contribution >= 4 is 11.6 Å². The van der Waals surface area contributed by atoms with Crippen LogP contribution in [0.1, 0.15) is 18.1 Å². The fourth-order valence-corrected chi connectivity index (χ4v) is 1.92. The molecule has 4 nitrogen and oxygen atoms in total. The van der Waals surface area contributed by atoms with Gasteiger partial charge >= 0.3 is 0 Å². The molecule has 0 bridgehead atoms. The molecule has 0 N–H and O–H groups in total. The molecule has 0 radical (unpaired) electrons. The lowest BCUT2D eigenvalue weighted by Crippen LogP contribution is -1.96. The van der Waals surface area contributed by atoms with E-state index in [1.807, 2.05) is 37.3 Å². The summed E-state index contributed by atoms with van der Waals surface area (Å²) in [5, 5.41) is 9.38. The van der Waals surface area contributed by atoms with Gasteiger partial charge < -0.3 is 9.47 Å². The molecular formula is C17H16N2O2. The maximum absolute atomic E-state index is 9.38. The molecule has 0 fully saturated rings. The van der Waals surface area contributed by atoms with E-state index >= 15 is 0 Å². The lowest BCUT2D eigenvalue weighted by molar-refractivity contribution is 0.311. The standard InChI is InChI=1S/C17H16N2O2/c1-3-21-17-11-14(4-5-16(17)20-2)15(12-18)10-13-6-8-19-9-7-13/h4-11H,3H2,1-2H3. The van der Waals surface area contributed by atoms with Crippen molar-refractivity contribution in [3.63, 3.8) is 0 Å². The summed E-state index contributed by atoms with van der Waals surface area (Å²) in [6, 6.07) is 11.4. The fraction of sp³-hybridized carbons (Fsp3) is 0.176. The van der Waals surface area contributed by atoms with Crippen molar-refractivity contribution in [1.82, 2.24) is 4.98 Å². The second kappa shape index (κ2) is 7.11. The van der Waals surface area contributed by atoms with Crippen molar-refractivity contribution in [1.29, 1.82) is 5.26 Å². The first-order valence-corrected chi connectivity index (χ1v) is 6.61. The minimum absolute atomic E-state index is 0.537. The van der Waals surface area contributed by atoms with Crippen LogP contribution >= 0.6 is 0 Å². The summed E-state index contributed by atoms with van der Waals surface area (Å²) < 4.78 is 10.8. The smallest absolute Gasteiger partial charge is 0.161 e. The number of benzene rings is 1. The van der Waals surface area contributed by atoms with Crippen molar-refractivity contribution in [2.75, 3.05) is 13.7 Å². The second-order valence-corrected chi connectivity index (χ2v) is 4.25. The Hall–Kier alpha value is -2.80. The van der Waals surface area contributed by atoms with E-state index in [-0.39, 0.29) is 0 Å². The van der Waals surface area contributed by atoms with Crippen LogP contribution in [0.4, 0.5) is 0 Å². The number of hydrogen-bond donors (Lipinski definition) is 0. The summed E-state index contributed by atoms with van der Waals surface area (Å²) in [6.07, 6.45) is 5.21. The van der Waals surface area contributed by atoms with Crippen molar-refractivity contribution in [2.24, 2.45) is 0 Å². The molecular weight excluding hydrogens is 264 g/mol. The molecule has 1 heterocycles. The first kappa shape index (κ1) is 14.6. The molecule has 106 valence electrons. The molecule has 0 saturated carbocycles. The van der Waals surface area contributed by atoms with Crippen LogP contribution in [0.25, 0.3) is 11.6 Å². The molecule has 4 heteroatoms. The predicted molar refractivity (Wildman–Crippen MR) is 81.9 cm³/mol. The Balaban J connectivity index is 2.41. The number of hydrogen-bond acceptors (Lipinski definition) is 4. The number of aromatic nitrogens is 1. The van der Waals surface area contributed by atoms with E-state index in [1.165, 1.54) is 0 Å². The summed E-state index contributed by atoms with van der Waals surface area (Å²) in [5.41, 5.74) is 2.28. The van der Waals surface area contributed by atoms with Gasteiger partial charge in [0.2, 0.25) is 0 Å². The lowest BCUT2D eigenvalue weighted by atomic mass is 10.0. The van der Waals surface area contributed by atoms with Crippen molar-refractivity contribution in [2.45, 2.75) is 6.92 Å². The minimum atomic E-state index is 0.537. The van der Waals surface area contributed by atoms with Crippen molar-refractivity contribution < 1.29 is 9.47 Å². The maximum Gasteiger partial charge on any atom is 0.161 e. The summed E-state index contributed by atoms with van der Waals surface area (Å²) in [5.74, 6) is 1.29. The lowest BCUT2D eigenvalue weighted by Gasteiger charge is -2.10. The first-order valence-electron chi connectivity index (χ1n) is 6.61. The maximum atomic E-state index is 9.38. The number of nitriles is 1. The highest BCUT2D eigenvalue weighted by atomic mass is 16.5. The van der Waals surface area contributed by atoms with Crippen LogP contribution in [0.15, 0.2) is 42.7 Å². The zero-order valence-electron chi connectivity index (χ0n) is 12.0. The first-order chi connectivity index (χ1) is 10.3. The number of methoxy groups -OCH3 is 1. The van der Waals surface area contributed by atoms with Gasteiger partial charge in [-0.2, -0.15) is 5.26 Å². The van der Waals surface area contributed by atoms with E-state index < -0.39 is 0 Å². The average Bonchev–Trinajstić information content (AvgIpc) is 2.54. The van der Waals surface area contributed by atoms with E-state index in [1.54, 1.807) is 25.6 Å². The highest BCUT2D eigenvalue weighted by molar-refractivity contribution is 5.90. The highest BCUT2D eigenvalue weighted by Gasteiger charge is 2.08. The Labute approximate surface area is 124 Å². The fourth-order valence-electron chi connectivity index (χ4n) is 1.92. The molecule has 1 aromatic heterocycles. The Morgan fingerprint density at radius 1 is 1.24 bits per heavy atom. The number of allylic oxidation sites excluding steroid dienone is 1. The van der Waals surface area contributed by atoms with Gasteiger partial charge in [0.05, 0.1) is 25.4 Å². The van der Waals surface area contributed by atoms with Crippen LogP contribution in [0, 0.1) is 11.3 Å². The third-order valence-corrected chi connectivity index (χ3v) is 2.91. The molecule has 0 unspecified atom stereocenters. The van der Waals surface area contributed by atoms with Crippen LogP contribution in [-0.2, 0) is 0 Å². The van der Waals surface area contributed by atoms with Crippen molar-refractivity contribution in [3.8, 4) is 17.6 Å². The Morgan fingerprint density at radius 3 is 2.62 bits per heavy atom. The zero-order chi connectivity index (χ0) is 15.1. The molecule has 21 heavy (non-hydrogen) atoms. The van der Waals surface area contributed by atoms with Gasteiger partial charge in [-0.05, 0) is 54.5 Å². The molecule has 0 spiro atoms. The van der Waals surface area contributed by atoms with Crippen LogP contribution in [-0.4, -0.2) is 18.7 Å². The highest BCUT2D eigenvalue weighted by Crippen LogP contribution is 2.31. The predicted octanol–water partition coefficient (Wildman–Crippen LogP) is 3.55. The largest absolute Gasteiger partial charge is 0.493 e.